The van der Waals surface area contributed by atoms with Crippen LogP contribution >= 0.6 is 23.2 Å². The lowest BCUT2D eigenvalue weighted by Gasteiger charge is -2.24. The highest BCUT2D eigenvalue weighted by molar-refractivity contribution is 6.35. The molecule has 6 heteroatoms. The molecule has 0 fully saturated rings. The normalized spacial score (nSPS) is 10.0. The SMILES string of the molecule is CNC(=O)CN(C(=O)CCl)c1c(C)cccc1Cl. The summed E-state index contributed by atoms with van der Waals surface area (Å²) in [5.41, 5.74) is 1.33. The van der Waals surface area contributed by atoms with Crippen molar-refractivity contribution < 1.29 is 9.59 Å². The van der Waals surface area contributed by atoms with Crippen LogP contribution in [-0.4, -0.2) is 31.3 Å². The Hall–Kier alpha value is -1.26. The van der Waals surface area contributed by atoms with Crippen molar-refractivity contribution in [2.45, 2.75) is 6.92 Å². The molecule has 98 valence electrons. The molecule has 0 heterocycles. The van der Waals surface area contributed by atoms with E-state index in [1.54, 1.807) is 12.1 Å². The Balaban J connectivity index is 3.17. The lowest BCUT2D eigenvalue weighted by atomic mass is 10.1. The van der Waals surface area contributed by atoms with E-state index in [9.17, 15) is 9.59 Å². The fraction of sp³-hybridized carbons (Fsp3) is 0.333. The van der Waals surface area contributed by atoms with Gasteiger partial charge in [0.05, 0.1) is 10.7 Å². The summed E-state index contributed by atoms with van der Waals surface area (Å²) in [6, 6.07) is 5.27. The fourth-order valence-electron chi connectivity index (χ4n) is 1.55. The minimum atomic E-state index is -0.364. The van der Waals surface area contributed by atoms with E-state index >= 15 is 0 Å². The summed E-state index contributed by atoms with van der Waals surface area (Å²) >= 11 is 11.6. The largest absolute Gasteiger partial charge is 0.358 e. The molecule has 1 aromatic rings. The molecule has 0 unspecified atom stereocenters. The zero-order valence-electron chi connectivity index (χ0n) is 10.2. The van der Waals surface area contributed by atoms with Gasteiger partial charge < -0.3 is 10.2 Å². The molecule has 2 amide bonds. The van der Waals surface area contributed by atoms with E-state index in [0.717, 1.165) is 5.56 Å². The van der Waals surface area contributed by atoms with Gasteiger partial charge in [0.15, 0.2) is 0 Å². The van der Waals surface area contributed by atoms with Crippen LogP contribution in [0.3, 0.4) is 0 Å². The van der Waals surface area contributed by atoms with E-state index in [1.807, 2.05) is 13.0 Å². The van der Waals surface area contributed by atoms with Crippen LogP contribution in [0.15, 0.2) is 18.2 Å². The number of anilines is 1. The monoisotopic (exact) mass is 288 g/mol. The molecule has 0 radical (unpaired) electrons. The summed E-state index contributed by atoms with van der Waals surface area (Å²) in [5.74, 6) is -0.856. The van der Waals surface area contributed by atoms with Gasteiger partial charge in [0, 0.05) is 7.05 Å². The standard InChI is InChI=1S/C12H14Cl2N2O2/c1-8-4-3-5-9(14)12(8)16(11(18)6-13)7-10(17)15-2/h3-5H,6-7H2,1-2H3,(H,15,17). The number of likely N-dealkylation sites (N-methyl/N-ethyl adjacent to an activating group) is 1. The third kappa shape index (κ3) is 3.37. The van der Waals surface area contributed by atoms with Gasteiger partial charge in [-0.3, -0.25) is 9.59 Å². The van der Waals surface area contributed by atoms with Crippen molar-refractivity contribution in [1.82, 2.24) is 5.32 Å². The van der Waals surface area contributed by atoms with E-state index in [-0.39, 0.29) is 24.2 Å². The topological polar surface area (TPSA) is 49.4 Å². The molecule has 1 N–H and O–H groups in total. The number of halogens is 2. The van der Waals surface area contributed by atoms with E-state index < -0.39 is 0 Å². The van der Waals surface area contributed by atoms with Gasteiger partial charge in [-0.15, -0.1) is 11.6 Å². The minimum Gasteiger partial charge on any atom is -0.358 e. The maximum atomic E-state index is 11.8. The van der Waals surface area contributed by atoms with E-state index in [1.165, 1.54) is 11.9 Å². The summed E-state index contributed by atoms with van der Waals surface area (Å²) in [7, 11) is 1.51. The maximum Gasteiger partial charge on any atom is 0.242 e. The molecule has 0 aliphatic rings. The Labute approximate surface area is 116 Å². The summed E-state index contributed by atoms with van der Waals surface area (Å²) in [4.78, 5) is 24.6. The molecule has 0 aliphatic carbocycles. The highest BCUT2D eigenvalue weighted by Crippen LogP contribution is 2.29. The number of carbonyl (C=O) groups is 2. The Kier molecular flexibility index (Phi) is 5.44. The van der Waals surface area contributed by atoms with Crippen molar-refractivity contribution in [3.63, 3.8) is 0 Å². The van der Waals surface area contributed by atoms with Crippen LogP contribution in [0.25, 0.3) is 0 Å². The molecule has 0 aliphatic heterocycles. The second kappa shape index (κ2) is 6.61. The third-order valence-electron chi connectivity index (χ3n) is 2.45. The first kappa shape index (κ1) is 14.8. The number of amides is 2. The first-order valence-corrected chi connectivity index (χ1v) is 6.24. The molecule has 0 saturated carbocycles. The van der Waals surface area contributed by atoms with Gasteiger partial charge >= 0.3 is 0 Å². The fourth-order valence-corrected chi connectivity index (χ4v) is 2.02. The highest BCUT2D eigenvalue weighted by atomic mass is 35.5. The molecule has 1 aromatic carbocycles. The second-order valence-electron chi connectivity index (χ2n) is 3.69. The van der Waals surface area contributed by atoms with Crippen LogP contribution in [0.2, 0.25) is 5.02 Å². The molecule has 4 nitrogen and oxygen atoms in total. The van der Waals surface area contributed by atoms with Crippen molar-refractivity contribution in [1.29, 1.82) is 0 Å². The van der Waals surface area contributed by atoms with Crippen molar-refractivity contribution in [2.24, 2.45) is 0 Å². The van der Waals surface area contributed by atoms with Crippen molar-refractivity contribution in [2.75, 3.05) is 24.4 Å². The maximum absolute atomic E-state index is 11.8. The van der Waals surface area contributed by atoms with Gasteiger partial charge in [-0.1, -0.05) is 23.7 Å². The van der Waals surface area contributed by atoms with Crippen LogP contribution in [0.4, 0.5) is 5.69 Å². The predicted molar refractivity (Wildman–Crippen MR) is 73.3 cm³/mol. The molecular weight excluding hydrogens is 275 g/mol. The predicted octanol–water partition coefficient (Wildman–Crippen LogP) is 1.97. The number of alkyl halides is 1. The minimum absolute atomic E-state index is 0.105. The number of nitrogens with zero attached hydrogens (tertiary/aromatic N) is 1. The Morgan fingerprint density at radius 1 is 1.39 bits per heavy atom. The number of hydrogen-bond acceptors (Lipinski definition) is 2. The van der Waals surface area contributed by atoms with Crippen LogP contribution in [0, 0.1) is 6.92 Å². The zero-order chi connectivity index (χ0) is 13.7. The van der Waals surface area contributed by atoms with Gasteiger partial charge in [0.1, 0.15) is 12.4 Å². The van der Waals surface area contributed by atoms with Crippen LogP contribution in [0.1, 0.15) is 5.56 Å². The number of rotatable bonds is 4. The van der Waals surface area contributed by atoms with E-state index in [2.05, 4.69) is 5.32 Å². The number of hydrogen-bond donors (Lipinski definition) is 1. The summed E-state index contributed by atoms with van der Waals surface area (Å²) in [6.45, 7) is 1.71. The lowest BCUT2D eigenvalue weighted by Crippen LogP contribution is -2.41. The van der Waals surface area contributed by atoms with Crippen molar-refractivity contribution in [3.8, 4) is 0 Å². The summed E-state index contributed by atoms with van der Waals surface area (Å²) < 4.78 is 0. The van der Waals surface area contributed by atoms with Crippen LogP contribution < -0.4 is 10.2 Å². The van der Waals surface area contributed by atoms with Crippen molar-refractivity contribution >= 4 is 40.7 Å². The van der Waals surface area contributed by atoms with Crippen LogP contribution in [0.5, 0.6) is 0 Å². The van der Waals surface area contributed by atoms with Gasteiger partial charge in [0.2, 0.25) is 11.8 Å². The Morgan fingerprint density at radius 3 is 2.56 bits per heavy atom. The lowest BCUT2D eigenvalue weighted by molar-refractivity contribution is -0.122. The molecule has 0 bridgehead atoms. The highest BCUT2D eigenvalue weighted by Gasteiger charge is 2.21. The molecule has 0 aromatic heterocycles. The van der Waals surface area contributed by atoms with Gasteiger partial charge in [-0.2, -0.15) is 0 Å². The summed E-state index contributed by atoms with van der Waals surface area (Å²) in [6.07, 6.45) is 0. The van der Waals surface area contributed by atoms with Crippen molar-refractivity contribution in [3.05, 3.63) is 28.8 Å². The van der Waals surface area contributed by atoms with Gasteiger partial charge in [-0.25, -0.2) is 0 Å². The molecule has 0 spiro atoms. The number of para-hydroxylation sites is 1. The van der Waals surface area contributed by atoms with E-state index in [0.29, 0.717) is 10.7 Å². The Bertz CT molecular complexity index is 443. The number of nitrogens with one attached hydrogen (secondary N) is 1. The Morgan fingerprint density at radius 2 is 2.06 bits per heavy atom. The number of benzene rings is 1. The first-order valence-electron chi connectivity index (χ1n) is 5.33. The van der Waals surface area contributed by atoms with Gasteiger partial charge in [-0.05, 0) is 18.6 Å². The van der Waals surface area contributed by atoms with Crippen LogP contribution in [-0.2, 0) is 9.59 Å². The van der Waals surface area contributed by atoms with E-state index in [4.69, 9.17) is 23.2 Å². The zero-order valence-corrected chi connectivity index (χ0v) is 11.7. The first-order chi connectivity index (χ1) is 8.51. The number of carbonyl (C=O) groups excluding carboxylic acids is 2. The molecule has 0 saturated heterocycles. The smallest absolute Gasteiger partial charge is 0.242 e. The molecule has 0 atom stereocenters. The molecular formula is C12H14Cl2N2O2. The second-order valence-corrected chi connectivity index (χ2v) is 4.37. The molecule has 1 rings (SSSR count). The number of aryl methyl sites for hydroxylation is 1. The quantitative estimate of drug-likeness (QED) is 0.861. The average Bonchev–Trinajstić information content (AvgIpc) is 2.36. The van der Waals surface area contributed by atoms with Gasteiger partial charge in [0.25, 0.3) is 0 Å². The average molecular weight is 289 g/mol. The molecule has 18 heavy (non-hydrogen) atoms. The third-order valence-corrected chi connectivity index (χ3v) is 2.99. The summed E-state index contributed by atoms with van der Waals surface area (Å²) in [5, 5.41) is 2.88.